The highest BCUT2D eigenvalue weighted by molar-refractivity contribution is 5.93. The fourth-order valence-corrected chi connectivity index (χ4v) is 1.75. The molecule has 2 aromatic carbocycles. The lowest BCUT2D eigenvalue weighted by molar-refractivity contribution is 0.112. The minimum atomic E-state index is 0.779. The number of benzene rings is 2. The molecule has 0 atom stereocenters. The lowest BCUT2D eigenvalue weighted by Gasteiger charge is -2.05. The van der Waals surface area contributed by atoms with E-state index in [2.05, 4.69) is 25.1 Å². The van der Waals surface area contributed by atoms with Crippen LogP contribution in [0.4, 0.5) is 0 Å². The lowest BCUT2D eigenvalue weighted by atomic mass is 9.99. The molecule has 0 aliphatic carbocycles. The Hall–Kier alpha value is -1.63. The van der Waals surface area contributed by atoms with E-state index in [1.54, 1.807) is 0 Å². The van der Waals surface area contributed by atoms with Gasteiger partial charge in [-0.2, -0.15) is 0 Å². The number of rotatable bonds is 1. The fraction of sp³-hybridized carbons (Fsp3) is 0.154. The van der Waals surface area contributed by atoms with Crippen molar-refractivity contribution in [1.82, 2.24) is 0 Å². The van der Waals surface area contributed by atoms with Crippen molar-refractivity contribution in [3.8, 4) is 0 Å². The quantitative estimate of drug-likeness (QED) is 0.622. The first-order chi connectivity index (χ1) is 6.72. The second-order valence-corrected chi connectivity index (χ2v) is 3.62. The van der Waals surface area contributed by atoms with Crippen LogP contribution in [0.5, 0.6) is 0 Å². The second-order valence-electron chi connectivity index (χ2n) is 3.62. The van der Waals surface area contributed by atoms with Crippen molar-refractivity contribution in [3.05, 3.63) is 47.0 Å². The summed E-state index contributed by atoms with van der Waals surface area (Å²) in [5, 5.41) is 2.37. The Kier molecular flexibility index (Phi) is 2.08. The molecule has 0 N–H and O–H groups in total. The van der Waals surface area contributed by atoms with Crippen LogP contribution in [0.2, 0.25) is 0 Å². The maximum Gasteiger partial charge on any atom is 0.150 e. The van der Waals surface area contributed by atoms with E-state index in [4.69, 9.17) is 0 Å². The standard InChI is InChI=1S/C13H12O/c1-9-3-6-13-10(2)12(8-14)5-4-11(13)7-9/h3-8H,1-2H3. The Balaban J connectivity index is 2.83. The number of carbonyl (C=O) groups is 1. The van der Waals surface area contributed by atoms with Crippen LogP contribution in [0, 0.1) is 13.8 Å². The van der Waals surface area contributed by atoms with Crippen molar-refractivity contribution < 1.29 is 4.79 Å². The summed E-state index contributed by atoms with van der Waals surface area (Å²) < 4.78 is 0. The van der Waals surface area contributed by atoms with E-state index < -0.39 is 0 Å². The van der Waals surface area contributed by atoms with Crippen LogP contribution in [0.15, 0.2) is 30.3 Å². The molecule has 0 fully saturated rings. The number of aryl methyl sites for hydroxylation is 2. The molecular weight excluding hydrogens is 172 g/mol. The van der Waals surface area contributed by atoms with Gasteiger partial charge in [-0.1, -0.05) is 35.9 Å². The molecule has 0 radical (unpaired) electrons. The Labute approximate surface area is 83.4 Å². The summed E-state index contributed by atoms with van der Waals surface area (Å²) in [6.07, 6.45) is 0.911. The normalized spacial score (nSPS) is 10.4. The summed E-state index contributed by atoms with van der Waals surface area (Å²) in [7, 11) is 0. The van der Waals surface area contributed by atoms with E-state index >= 15 is 0 Å². The maximum atomic E-state index is 10.7. The Morgan fingerprint density at radius 2 is 1.86 bits per heavy atom. The smallest absolute Gasteiger partial charge is 0.150 e. The van der Waals surface area contributed by atoms with Gasteiger partial charge in [0.1, 0.15) is 6.29 Å². The zero-order chi connectivity index (χ0) is 10.1. The van der Waals surface area contributed by atoms with Gasteiger partial charge in [0, 0.05) is 5.56 Å². The molecule has 0 aromatic heterocycles. The maximum absolute atomic E-state index is 10.7. The molecular formula is C13H12O. The summed E-state index contributed by atoms with van der Waals surface area (Å²) in [4.78, 5) is 10.7. The molecule has 0 aliphatic heterocycles. The van der Waals surface area contributed by atoms with Crippen molar-refractivity contribution >= 4 is 17.1 Å². The first-order valence-corrected chi connectivity index (χ1v) is 4.67. The van der Waals surface area contributed by atoms with Gasteiger partial charge in [0.15, 0.2) is 0 Å². The van der Waals surface area contributed by atoms with Crippen LogP contribution in [0.3, 0.4) is 0 Å². The highest BCUT2D eigenvalue weighted by Gasteiger charge is 2.01. The minimum absolute atomic E-state index is 0.779. The second kappa shape index (κ2) is 3.26. The molecule has 0 amide bonds. The van der Waals surface area contributed by atoms with Gasteiger partial charge in [0.05, 0.1) is 0 Å². The molecule has 1 nitrogen and oxygen atoms in total. The van der Waals surface area contributed by atoms with Crippen LogP contribution in [-0.2, 0) is 0 Å². The number of fused-ring (bicyclic) bond motifs is 1. The number of hydrogen-bond donors (Lipinski definition) is 0. The first-order valence-electron chi connectivity index (χ1n) is 4.67. The zero-order valence-electron chi connectivity index (χ0n) is 8.37. The van der Waals surface area contributed by atoms with Crippen molar-refractivity contribution in [1.29, 1.82) is 0 Å². The number of hydrogen-bond acceptors (Lipinski definition) is 1. The number of carbonyl (C=O) groups excluding carboxylic acids is 1. The highest BCUT2D eigenvalue weighted by Crippen LogP contribution is 2.21. The topological polar surface area (TPSA) is 17.1 Å². The van der Waals surface area contributed by atoms with Crippen LogP contribution in [0.1, 0.15) is 21.5 Å². The van der Waals surface area contributed by atoms with Crippen LogP contribution in [-0.4, -0.2) is 6.29 Å². The lowest BCUT2D eigenvalue weighted by Crippen LogP contribution is -1.88. The van der Waals surface area contributed by atoms with Crippen molar-refractivity contribution in [2.24, 2.45) is 0 Å². The number of aldehydes is 1. The van der Waals surface area contributed by atoms with E-state index in [9.17, 15) is 4.79 Å². The van der Waals surface area contributed by atoms with Crippen molar-refractivity contribution in [2.75, 3.05) is 0 Å². The predicted octanol–water partition coefficient (Wildman–Crippen LogP) is 3.27. The summed E-state index contributed by atoms with van der Waals surface area (Å²) >= 11 is 0. The monoisotopic (exact) mass is 184 g/mol. The third-order valence-electron chi connectivity index (χ3n) is 2.61. The molecule has 2 aromatic rings. The summed E-state index contributed by atoms with van der Waals surface area (Å²) in [5.74, 6) is 0. The van der Waals surface area contributed by atoms with Gasteiger partial charge in [-0.25, -0.2) is 0 Å². The van der Waals surface area contributed by atoms with E-state index in [0.29, 0.717) is 0 Å². The molecule has 0 bridgehead atoms. The van der Waals surface area contributed by atoms with Gasteiger partial charge in [0.25, 0.3) is 0 Å². The molecule has 0 aliphatic rings. The van der Waals surface area contributed by atoms with Gasteiger partial charge in [-0.05, 0) is 30.2 Å². The summed E-state index contributed by atoms with van der Waals surface area (Å²) in [6.45, 7) is 4.06. The summed E-state index contributed by atoms with van der Waals surface area (Å²) in [5.41, 5.74) is 3.09. The molecule has 0 saturated heterocycles. The molecule has 0 unspecified atom stereocenters. The van der Waals surface area contributed by atoms with Gasteiger partial charge in [-0.15, -0.1) is 0 Å². The average Bonchev–Trinajstić information content (AvgIpc) is 2.18. The van der Waals surface area contributed by atoms with Crippen molar-refractivity contribution in [2.45, 2.75) is 13.8 Å². The average molecular weight is 184 g/mol. The Morgan fingerprint density at radius 1 is 1.07 bits per heavy atom. The molecule has 0 spiro atoms. The fourth-order valence-electron chi connectivity index (χ4n) is 1.75. The van der Waals surface area contributed by atoms with E-state index in [-0.39, 0.29) is 0 Å². The third kappa shape index (κ3) is 1.31. The minimum Gasteiger partial charge on any atom is -0.298 e. The Morgan fingerprint density at radius 3 is 2.57 bits per heavy atom. The van der Waals surface area contributed by atoms with E-state index in [1.165, 1.54) is 16.3 Å². The van der Waals surface area contributed by atoms with Gasteiger partial charge >= 0.3 is 0 Å². The van der Waals surface area contributed by atoms with Gasteiger partial charge in [-0.3, -0.25) is 4.79 Å². The molecule has 2 rings (SSSR count). The zero-order valence-corrected chi connectivity index (χ0v) is 8.37. The van der Waals surface area contributed by atoms with E-state index in [1.807, 2.05) is 19.1 Å². The van der Waals surface area contributed by atoms with E-state index in [0.717, 1.165) is 17.4 Å². The van der Waals surface area contributed by atoms with Crippen LogP contribution in [0.25, 0.3) is 10.8 Å². The predicted molar refractivity (Wildman–Crippen MR) is 58.8 cm³/mol. The molecule has 1 heteroatoms. The highest BCUT2D eigenvalue weighted by atomic mass is 16.1. The molecule has 14 heavy (non-hydrogen) atoms. The first kappa shape index (κ1) is 8.95. The molecule has 70 valence electrons. The van der Waals surface area contributed by atoms with Gasteiger partial charge < -0.3 is 0 Å². The Bertz CT molecular complexity index is 498. The van der Waals surface area contributed by atoms with Crippen LogP contribution >= 0.6 is 0 Å². The molecule has 0 heterocycles. The SMILES string of the molecule is Cc1ccc2c(C)c(C=O)ccc2c1. The third-order valence-corrected chi connectivity index (χ3v) is 2.61. The largest absolute Gasteiger partial charge is 0.298 e. The van der Waals surface area contributed by atoms with Crippen LogP contribution < -0.4 is 0 Å². The summed E-state index contributed by atoms with van der Waals surface area (Å²) in [6, 6.07) is 10.2. The van der Waals surface area contributed by atoms with Gasteiger partial charge in [0.2, 0.25) is 0 Å². The molecule has 0 saturated carbocycles. The van der Waals surface area contributed by atoms with Crippen molar-refractivity contribution in [3.63, 3.8) is 0 Å².